The van der Waals surface area contributed by atoms with Gasteiger partial charge in [0.25, 0.3) is 0 Å². The molecule has 1 saturated carbocycles. The van der Waals surface area contributed by atoms with Gasteiger partial charge in [-0.15, -0.1) is 0 Å². The number of rotatable bonds is 3. The third-order valence-corrected chi connectivity index (χ3v) is 3.26. The van der Waals surface area contributed by atoms with E-state index in [0.717, 1.165) is 24.4 Å². The van der Waals surface area contributed by atoms with Gasteiger partial charge < -0.3 is 4.74 Å². The SMILES string of the molecule is CCOC1(c2nc(C)cc(Cl)n2)CCCC1. The van der Waals surface area contributed by atoms with Crippen LogP contribution in [0.3, 0.4) is 0 Å². The summed E-state index contributed by atoms with van der Waals surface area (Å²) in [5, 5.41) is 0.508. The first kappa shape index (κ1) is 11.8. The van der Waals surface area contributed by atoms with E-state index >= 15 is 0 Å². The van der Waals surface area contributed by atoms with E-state index in [0.29, 0.717) is 11.8 Å². The molecule has 0 atom stereocenters. The maximum Gasteiger partial charge on any atom is 0.162 e. The average molecular weight is 241 g/mol. The third-order valence-electron chi connectivity index (χ3n) is 3.06. The maximum absolute atomic E-state index is 5.98. The van der Waals surface area contributed by atoms with Crippen molar-refractivity contribution in [2.24, 2.45) is 0 Å². The summed E-state index contributed by atoms with van der Waals surface area (Å²) in [6.07, 6.45) is 4.35. The van der Waals surface area contributed by atoms with Gasteiger partial charge in [0.2, 0.25) is 0 Å². The fraction of sp³-hybridized carbons (Fsp3) is 0.667. The highest BCUT2D eigenvalue weighted by Crippen LogP contribution is 2.40. The van der Waals surface area contributed by atoms with Crippen LogP contribution in [0.4, 0.5) is 0 Å². The zero-order valence-corrected chi connectivity index (χ0v) is 10.5. The van der Waals surface area contributed by atoms with Crippen LogP contribution in [0.2, 0.25) is 5.15 Å². The van der Waals surface area contributed by atoms with Crippen LogP contribution in [0, 0.1) is 6.92 Å². The van der Waals surface area contributed by atoms with Gasteiger partial charge in [0.15, 0.2) is 5.82 Å². The second kappa shape index (κ2) is 4.68. The second-order valence-electron chi connectivity index (χ2n) is 4.29. The van der Waals surface area contributed by atoms with Crippen molar-refractivity contribution >= 4 is 11.6 Å². The van der Waals surface area contributed by atoms with Crippen LogP contribution < -0.4 is 0 Å². The van der Waals surface area contributed by atoms with Crippen molar-refractivity contribution < 1.29 is 4.74 Å². The minimum Gasteiger partial charge on any atom is -0.367 e. The van der Waals surface area contributed by atoms with Gasteiger partial charge in [-0.05, 0) is 45.6 Å². The third kappa shape index (κ3) is 2.20. The van der Waals surface area contributed by atoms with E-state index in [2.05, 4.69) is 9.97 Å². The zero-order valence-electron chi connectivity index (χ0n) is 9.79. The van der Waals surface area contributed by atoms with Gasteiger partial charge in [-0.25, -0.2) is 9.97 Å². The van der Waals surface area contributed by atoms with Crippen molar-refractivity contribution in [3.8, 4) is 0 Å². The Hall–Kier alpha value is -0.670. The molecule has 0 radical (unpaired) electrons. The Morgan fingerprint density at radius 2 is 2.06 bits per heavy atom. The molecular formula is C12H17ClN2O. The average Bonchev–Trinajstić information content (AvgIpc) is 2.66. The molecule has 1 heterocycles. The molecule has 88 valence electrons. The number of aryl methyl sites for hydroxylation is 1. The molecule has 0 spiro atoms. The molecule has 2 rings (SSSR count). The number of nitrogens with zero attached hydrogens (tertiary/aromatic N) is 2. The molecule has 1 aromatic rings. The molecule has 1 aliphatic carbocycles. The molecule has 0 unspecified atom stereocenters. The van der Waals surface area contributed by atoms with Crippen molar-refractivity contribution in [3.05, 3.63) is 22.7 Å². The van der Waals surface area contributed by atoms with E-state index in [9.17, 15) is 0 Å². The van der Waals surface area contributed by atoms with Crippen LogP contribution in [0.15, 0.2) is 6.07 Å². The van der Waals surface area contributed by atoms with Gasteiger partial charge in [-0.1, -0.05) is 11.6 Å². The van der Waals surface area contributed by atoms with Crippen LogP contribution >= 0.6 is 11.6 Å². The van der Waals surface area contributed by atoms with Crippen molar-refractivity contribution in [3.63, 3.8) is 0 Å². The molecule has 0 N–H and O–H groups in total. The summed E-state index contributed by atoms with van der Waals surface area (Å²) < 4.78 is 5.90. The quantitative estimate of drug-likeness (QED) is 0.761. The predicted molar refractivity (Wildman–Crippen MR) is 63.6 cm³/mol. The first-order chi connectivity index (χ1) is 7.66. The topological polar surface area (TPSA) is 35.0 Å². The summed E-state index contributed by atoms with van der Waals surface area (Å²) in [6.45, 7) is 4.64. The summed E-state index contributed by atoms with van der Waals surface area (Å²) in [5.74, 6) is 0.761. The second-order valence-corrected chi connectivity index (χ2v) is 4.68. The lowest BCUT2D eigenvalue weighted by atomic mass is 10.0. The molecule has 0 aromatic carbocycles. The lowest BCUT2D eigenvalue weighted by Crippen LogP contribution is -2.29. The summed E-state index contributed by atoms with van der Waals surface area (Å²) >= 11 is 5.98. The Kier molecular flexibility index (Phi) is 3.45. The minimum absolute atomic E-state index is 0.287. The van der Waals surface area contributed by atoms with E-state index in [1.807, 2.05) is 13.8 Å². The van der Waals surface area contributed by atoms with E-state index in [1.165, 1.54) is 12.8 Å². The molecule has 1 aromatic heterocycles. The monoisotopic (exact) mass is 240 g/mol. The Morgan fingerprint density at radius 3 is 2.62 bits per heavy atom. The molecule has 1 fully saturated rings. The summed E-state index contributed by atoms with van der Waals surface area (Å²) in [7, 11) is 0. The standard InChI is InChI=1S/C12H17ClN2O/c1-3-16-12(6-4-5-7-12)11-14-9(2)8-10(13)15-11/h8H,3-7H2,1-2H3. The molecular weight excluding hydrogens is 224 g/mol. The van der Waals surface area contributed by atoms with Gasteiger partial charge in [-0.2, -0.15) is 0 Å². The molecule has 0 saturated heterocycles. The predicted octanol–water partition coefficient (Wildman–Crippen LogP) is 3.24. The highest BCUT2D eigenvalue weighted by molar-refractivity contribution is 6.29. The van der Waals surface area contributed by atoms with Crippen molar-refractivity contribution in [1.82, 2.24) is 9.97 Å². The zero-order chi connectivity index (χ0) is 11.6. The fourth-order valence-corrected chi connectivity index (χ4v) is 2.63. The van der Waals surface area contributed by atoms with E-state index in [1.54, 1.807) is 6.07 Å². The normalized spacial score (nSPS) is 18.9. The summed E-state index contributed by atoms with van der Waals surface area (Å²) in [4.78, 5) is 8.82. The molecule has 1 aliphatic rings. The van der Waals surface area contributed by atoms with Gasteiger partial charge in [0.05, 0.1) is 0 Å². The van der Waals surface area contributed by atoms with E-state index in [-0.39, 0.29) is 5.60 Å². The van der Waals surface area contributed by atoms with Crippen LogP contribution in [-0.4, -0.2) is 16.6 Å². The largest absolute Gasteiger partial charge is 0.367 e. The number of hydrogen-bond donors (Lipinski definition) is 0. The van der Waals surface area contributed by atoms with Gasteiger partial charge in [0.1, 0.15) is 10.8 Å². The molecule has 4 heteroatoms. The Balaban J connectivity index is 2.38. The minimum atomic E-state index is -0.287. The van der Waals surface area contributed by atoms with Crippen LogP contribution in [0.25, 0.3) is 0 Å². The molecule has 16 heavy (non-hydrogen) atoms. The molecule has 0 amide bonds. The highest BCUT2D eigenvalue weighted by atomic mass is 35.5. The fourth-order valence-electron chi connectivity index (χ4n) is 2.39. The smallest absolute Gasteiger partial charge is 0.162 e. The van der Waals surface area contributed by atoms with Crippen LogP contribution in [0.1, 0.15) is 44.1 Å². The van der Waals surface area contributed by atoms with Crippen molar-refractivity contribution in [2.45, 2.75) is 45.1 Å². The molecule has 0 bridgehead atoms. The number of ether oxygens (including phenoxy) is 1. The van der Waals surface area contributed by atoms with Gasteiger partial charge in [0, 0.05) is 12.3 Å². The number of hydrogen-bond acceptors (Lipinski definition) is 3. The Morgan fingerprint density at radius 1 is 1.38 bits per heavy atom. The van der Waals surface area contributed by atoms with Gasteiger partial charge in [-0.3, -0.25) is 0 Å². The lowest BCUT2D eigenvalue weighted by Gasteiger charge is -2.27. The van der Waals surface area contributed by atoms with E-state index in [4.69, 9.17) is 16.3 Å². The Bertz CT molecular complexity index is 355. The maximum atomic E-state index is 5.98. The number of halogens is 1. The van der Waals surface area contributed by atoms with Crippen molar-refractivity contribution in [1.29, 1.82) is 0 Å². The molecule has 0 aliphatic heterocycles. The lowest BCUT2D eigenvalue weighted by molar-refractivity contribution is -0.0458. The van der Waals surface area contributed by atoms with Crippen LogP contribution in [0.5, 0.6) is 0 Å². The Labute approximate surface area is 101 Å². The first-order valence-corrected chi connectivity index (χ1v) is 6.20. The highest BCUT2D eigenvalue weighted by Gasteiger charge is 2.39. The van der Waals surface area contributed by atoms with Gasteiger partial charge >= 0.3 is 0 Å². The van der Waals surface area contributed by atoms with E-state index < -0.39 is 0 Å². The first-order valence-electron chi connectivity index (χ1n) is 5.82. The number of aromatic nitrogens is 2. The summed E-state index contributed by atoms with van der Waals surface area (Å²) in [6, 6.07) is 1.78. The van der Waals surface area contributed by atoms with Crippen LogP contribution in [-0.2, 0) is 10.3 Å². The van der Waals surface area contributed by atoms with Crippen molar-refractivity contribution in [2.75, 3.05) is 6.61 Å². The summed E-state index contributed by atoms with van der Waals surface area (Å²) in [5.41, 5.74) is 0.616. The molecule has 3 nitrogen and oxygen atoms in total.